The van der Waals surface area contributed by atoms with Gasteiger partial charge in [0.05, 0.1) is 6.57 Å². The Hall–Kier alpha value is -3.07. The standard InChI is InChI=1S/C13H14F3NO3S.C13H18F3NO3S.C4H8O.CH4/c1-12(2,3)8-9-5-6-11(10(7-9)17-4)20-21(18,19)13(14,15)16;1-12(2,3)7-9-4-5-11(10(6-9)8-17)20-21(18,19)13(14,15)16;1-2-4-5-3-1;/h5-7H,8H2,1-3H3;4-6H,7-8,17H2,1-3H3;1-4H2;1H4. The van der Waals surface area contributed by atoms with Crippen molar-refractivity contribution < 1.29 is 56.3 Å². The Balaban J connectivity index is 0.000000786. The van der Waals surface area contributed by atoms with E-state index in [1.165, 1.54) is 37.1 Å². The van der Waals surface area contributed by atoms with Gasteiger partial charge in [0, 0.05) is 25.3 Å². The monoisotopic (exact) mass is 734 g/mol. The summed E-state index contributed by atoms with van der Waals surface area (Å²) in [6.45, 7) is 20.7. The topological polar surface area (TPSA) is 126 Å². The zero-order valence-electron chi connectivity index (χ0n) is 26.9. The fraction of sp³-hybridized carbons (Fsp3) is 0.581. The van der Waals surface area contributed by atoms with E-state index in [0.717, 1.165) is 24.8 Å². The molecule has 0 aliphatic carbocycles. The van der Waals surface area contributed by atoms with Crippen LogP contribution in [0.15, 0.2) is 36.4 Å². The summed E-state index contributed by atoms with van der Waals surface area (Å²) in [6, 6.07) is 8.14. The van der Waals surface area contributed by atoms with Crippen LogP contribution in [0, 0.1) is 17.4 Å². The fourth-order valence-electron chi connectivity index (χ4n) is 3.88. The first-order chi connectivity index (χ1) is 21.2. The first-order valence-corrected chi connectivity index (χ1v) is 16.9. The molecule has 274 valence electrons. The highest BCUT2D eigenvalue weighted by molar-refractivity contribution is 7.88. The molecule has 1 aliphatic heterocycles. The molecule has 1 aliphatic rings. The predicted molar refractivity (Wildman–Crippen MR) is 171 cm³/mol. The van der Waals surface area contributed by atoms with Gasteiger partial charge in [0.25, 0.3) is 0 Å². The summed E-state index contributed by atoms with van der Waals surface area (Å²) >= 11 is 0. The van der Waals surface area contributed by atoms with Crippen molar-refractivity contribution in [3.8, 4) is 11.5 Å². The Labute approximate surface area is 279 Å². The van der Waals surface area contributed by atoms with Crippen LogP contribution in [-0.2, 0) is 44.4 Å². The van der Waals surface area contributed by atoms with Crippen molar-refractivity contribution in [1.82, 2.24) is 0 Å². The molecule has 0 bridgehead atoms. The van der Waals surface area contributed by atoms with Gasteiger partial charge in [-0.25, -0.2) is 4.85 Å². The van der Waals surface area contributed by atoms with Crippen molar-refractivity contribution in [2.45, 2.75) is 92.2 Å². The van der Waals surface area contributed by atoms with Gasteiger partial charge in [0.2, 0.25) is 5.69 Å². The van der Waals surface area contributed by atoms with E-state index in [0.29, 0.717) is 18.4 Å². The molecular weight excluding hydrogens is 690 g/mol. The number of nitrogens with zero attached hydrogens (tertiary/aromatic N) is 1. The molecule has 2 aromatic carbocycles. The SMILES string of the molecule is C.C1CCOC1.CC(C)(C)Cc1ccc(OS(=O)(=O)C(F)(F)F)c(CN)c1.[C-]#[N+]c1cc(CC(C)(C)C)ccc1OS(=O)(=O)C(F)(F)F. The Morgan fingerprint density at radius 2 is 1.15 bits per heavy atom. The highest BCUT2D eigenvalue weighted by Gasteiger charge is 2.49. The first-order valence-electron chi connectivity index (χ1n) is 14.1. The van der Waals surface area contributed by atoms with Crippen molar-refractivity contribution in [2.75, 3.05) is 13.2 Å². The second-order valence-corrected chi connectivity index (χ2v) is 15.9. The van der Waals surface area contributed by atoms with E-state index in [4.69, 9.17) is 17.0 Å². The number of rotatable bonds is 7. The van der Waals surface area contributed by atoms with E-state index >= 15 is 0 Å². The maximum Gasteiger partial charge on any atom is 0.534 e. The van der Waals surface area contributed by atoms with Crippen molar-refractivity contribution in [1.29, 1.82) is 0 Å². The van der Waals surface area contributed by atoms with E-state index in [1.54, 1.807) is 6.07 Å². The van der Waals surface area contributed by atoms with Crippen LogP contribution in [-0.4, -0.2) is 41.1 Å². The van der Waals surface area contributed by atoms with Crippen LogP contribution in [0.4, 0.5) is 32.0 Å². The third kappa shape index (κ3) is 15.4. The van der Waals surface area contributed by atoms with E-state index in [1.807, 2.05) is 41.5 Å². The predicted octanol–water partition coefficient (Wildman–Crippen LogP) is 8.45. The second-order valence-electron chi connectivity index (χ2n) is 12.8. The van der Waals surface area contributed by atoms with Gasteiger partial charge in [0.15, 0.2) is 0 Å². The van der Waals surface area contributed by atoms with Crippen molar-refractivity contribution in [2.24, 2.45) is 16.6 Å². The minimum absolute atomic E-state index is 0. The van der Waals surface area contributed by atoms with Gasteiger partial charge in [-0.1, -0.05) is 72.7 Å². The van der Waals surface area contributed by atoms with Crippen LogP contribution in [0.25, 0.3) is 4.85 Å². The lowest BCUT2D eigenvalue weighted by Crippen LogP contribution is -2.28. The highest BCUT2D eigenvalue weighted by atomic mass is 32.2. The number of ether oxygens (including phenoxy) is 1. The number of benzene rings is 2. The lowest BCUT2D eigenvalue weighted by molar-refractivity contribution is -0.0504. The smallest absolute Gasteiger partial charge is 0.388 e. The molecule has 2 N–H and O–H groups in total. The van der Waals surface area contributed by atoms with Gasteiger partial charge in [-0.15, -0.1) is 0 Å². The largest absolute Gasteiger partial charge is 0.534 e. The summed E-state index contributed by atoms with van der Waals surface area (Å²) in [4.78, 5) is 3.02. The molecule has 1 heterocycles. The van der Waals surface area contributed by atoms with E-state index < -0.39 is 42.8 Å². The number of hydrogen-bond donors (Lipinski definition) is 1. The van der Waals surface area contributed by atoms with E-state index in [-0.39, 0.29) is 36.1 Å². The lowest BCUT2D eigenvalue weighted by atomic mass is 9.87. The molecule has 3 rings (SSSR count). The van der Waals surface area contributed by atoms with Crippen LogP contribution in [0.5, 0.6) is 11.5 Å². The Bertz CT molecular complexity index is 1580. The zero-order chi connectivity index (χ0) is 36.5. The van der Waals surface area contributed by atoms with Gasteiger partial charge in [-0.2, -0.15) is 43.2 Å². The van der Waals surface area contributed by atoms with Crippen molar-refractivity contribution >= 4 is 25.9 Å². The summed E-state index contributed by atoms with van der Waals surface area (Å²) in [5.41, 5.74) is -4.15. The molecule has 17 heteroatoms. The normalized spacial score (nSPS) is 13.9. The molecule has 2 aromatic rings. The number of alkyl halides is 6. The highest BCUT2D eigenvalue weighted by Crippen LogP contribution is 2.35. The summed E-state index contributed by atoms with van der Waals surface area (Å²) in [7, 11) is -11.5. The molecule has 0 spiro atoms. The summed E-state index contributed by atoms with van der Waals surface area (Å²) in [5, 5.41) is 0. The minimum Gasteiger partial charge on any atom is -0.388 e. The van der Waals surface area contributed by atoms with Gasteiger partial charge in [-0.05, 0) is 60.3 Å². The molecule has 1 fully saturated rings. The average Bonchev–Trinajstić information content (AvgIpc) is 3.48. The van der Waals surface area contributed by atoms with Crippen LogP contribution in [0.1, 0.15) is 78.5 Å². The van der Waals surface area contributed by atoms with E-state index in [2.05, 4.69) is 13.2 Å². The third-order valence-corrected chi connectivity index (χ3v) is 7.68. The number of hydrogen-bond acceptors (Lipinski definition) is 8. The second kappa shape index (κ2) is 17.5. The molecule has 0 saturated carbocycles. The molecule has 0 atom stereocenters. The van der Waals surface area contributed by atoms with Crippen LogP contribution in [0.3, 0.4) is 0 Å². The van der Waals surface area contributed by atoms with Gasteiger partial charge < -0.3 is 18.8 Å². The summed E-state index contributed by atoms with van der Waals surface area (Å²) in [6.07, 6.45) is 3.81. The van der Waals surface area contributed by atoms with E-state index in [9.17, 15) is 43.2 Å². The maximum absolute atomic E-state index is 12.3. The van der Waals surface area contributed by atoms with Crippen LogP contribution >= 0.6 is 0 Å². The average molecular weight is 735 g/mol. The zero-order valence-corrected chi connectivity index (χ0v) is 28.5. The van der Waals surface area contributed by atoms with Crippen molar-refractivity contribution in [3.63, 3.8) is 0 Å². The minimum atomic E-state index is -5.77. The molecule has 0 radical (unpaired) electrons. The van der Waals surface area contributed by atoms with Gasteiger partial charge >= 0.3 is 31.3 Å². The third-order valence-electron chi connectivity index (χ3n) is 5.75. The summed E-state index contributed by atoms with van der Waals surface area (Å²) in [5.74, 6) is -1.02. The summed E-state index contributed by atoms with van der Waals surface area (Å²) < 4.78 is 131. The molecule has 0 amide bonds. The van der Waals surface area contributed by atoms with Gasteiger partial charge in [-0.3, -0.25) is 0 Å². The van der Waals surface area contributed by atoms with Gasteiger partial charge in [0.1, 0.15) is 11.5 Å². The molecule has 48 heavy (non-hydrogen) atoms. The quantitative estimate of drug-likeness (QED) is 0.130. The molecular formula is C31H44F6N2O7S2. The van der Waals surface area contributed by atoms with Crippen LogP contribution in [0.2, 0.25) is 0 Å². The Morgan fingerprint density at radius 1 is 0.750 bits per heavy atom. The number of nitrogens with two attached hydrogens (primary N) is 1. The maximum atomic E-state index is 12.3. The molecule has 0 aromatic heterocycles. The Kier molecular flexibility index (Phi) is 16.4. The van der Waals surface area contributed by atoms with Crippen LogP contribution < -0.4 is 14.1 Å². The Morgan fingerprint density at radius 3 is 1.48 bits per heavy atom. The fourth-order valence-corrected chi connectivity index (χ4v) is 4.85. The van der Waals surface area contributed by atoms with Crippen molar-refractivity contribution in [3.05, 3.63) is 64.5 Å². The first kappa shape index (κ1) is 44.9. The molecule has 0 unspecified atom stereocenters. The molecule has 1 saturated heterocycles. The lowest BCUT2D eigenvalue weighted by Gasteiger charge is -2.19. The molecule has 9 nitrogen and oxygen atoms in total. The number of halogens is 6.